The maximum Gasteiger partial charge on any atom is 0.291 e. The molecule has 158 valence electrons. The minimum atomic E-state index is -0.220. The molecule has 6 nitrogen and oxygen atoms in total. The number of fused-ring (bicyclic) bond motifs is 3. The van der Waals surface area contributed by atoms with Crippen molar-refractivity contribution in [2.45, 2.75) is 45.3 Å². The molecule has 5 rings (SSSR count). The first-order chi connectivity index (χ1) is 15.1. The van der Waals surface area contributed by atoms with Crippen molar-refractivity contribution in [2.75, 3.05) is 6.54 Å². The van der Waals surface area contributed by atoms with Crippen LogP contribution in [0.5, 0.6) is 0 Å². The Morgan fingerprint density at radius 1 is 1.03 bits per heavy atom. The molecular formula is C25H26N4O2. The number of hydrogen-bond donors (Lipinski definition) is 0. The lowest BCUT2D eigenvalue weighted by Crippen LogP contribution is -2.45. The number of piperidine rings is 1. The Morgan fingerprint density at radius 2 is 1.81 bits per heavy atom. The van der Waals surface area contributed by atoms with Crippen LogP contribution in [0.15, 0.2) is 65.6 Å². The van der Waals surface area contributed by atoms with Crippen LogP contribution in [-0.2, 0) is 17.9 Å². The van der Waals surface area contributed by atoms with Crippen molar-refractivity contribution in [1.29, 1.82) is 0 Å². The largest absolute Gasteiger partial charge is 0.338 e. The first-order valence-corrected chi connectivity index (χ1v) is 10.9. The Balaban J connectivity index is 1.60. The third-order valence-corrected chi connectivity index (χ3v) is 6.37. The third-order valence-electron chi connectivity index (χ3n) is 6.37. The summed E-state index contributed by atoms with van der Waals surface area (Å²) in [5, 5.41) is 6.21. The molecule has 31 heavy (non-hydrogen) atoms. The van der Waals surface area contributed by atoms with Crippen LogP contribution in [0.3, 0.4) is 0 Å². The smallest absolute Gasteiger partial charge is 0.291 e. The fourth-order valence-electron chi connectivity index (χ4n) is 4.72. The number of likely N-dealkylation sites (tertiary alicyclic amines) is 1. The second-order valence-corrected chi connectivity index (χ2v) is 8.39. The number of rotatable bonds is 4. The summed E-state index contributed by atoms with van der Waals surface area (Å²) in [6, 6.07) is 18.3. The molecular weight excluding hydrogens is 388 g/mol. The summed E-state index contributed by atoms with van der Waals surface area (Å²) in [5.41, 5.74) is 2.49. The number of nitrogens with zero attached hydrogens (tertiary/aromatic N) is 4. The van der Waals surface area contributed by atoms with Crippen molar-refractivity contribution < 1.29 is 4.79 Å². The maximum absolute atomic E-state index is 13.5. The van der Waals surface area contributed by atoms with Crippen molar-refractivity contribution in [1.82, 2.24) is 19.2 Å². The Labute approximate surface area is 180 Å². The molecule has 1 aliphatic rings. The zero-order valence-electron chi connectivity index (χ0n) is 17.7. The Hall–Kier alpha value is -3.41. The quantitative estimate of drug-likeness (QED) is 0.510. The van der Waals surface area contributed by atoms with Crippen LogP contribution in [0.4, 0.5) is 0 Å². The lowest BCUT2D eigenvalue weighted by atomic mass is 10.0. The number of amides is 1. The zero-order chi connectivity index (χ0) is 21.4. The summed E-state index contributed by atoms with van der Waals surface area (Å²) in [6.45, 7) is 3.40. The predicted octanol–water partition coefficient (Wildman–Crippen LogP) is 3.80. The molecule has 1 fully saturated rings. The van der Waals surface area contributed by atoms with Gasteiger partial charge in [0.25, 0.3) is 5.56 Å². The molecule has 1 atom stereocenters. The van der Waals surface area contributed by atoms with E-state index in [-0.39, 0.29) is 24.1 Å². The standard InChI is InChI=1S/C25H26N4O2/c1-18-9-7-8-14-27(18)23(30)17-29-25(31)24-21(15-26-29)20-12-5-6-13-22(20)28(24)16-19-10-3-2-4-11-19/h2-6,10-13,15,18H,7-9,14,16-17H2,1H3. The lowest BCUT2D eigenvalue weighted by Gasteiger charge is -2.33. The van der Waals surface area contributed by atoms with Gasteiger partial charge in [-0.3, -0.25) is 9.59 Å². The van der Waals surface area contributed by atoms with E-state index in [1.165, 1.54) is 4.68 Å². The van der Waals surface area contributed by atoms with Gasteiger partial charge in [0.05, 0.1) is 6.20 Å². The van der Waals surface area contributed by atoms with Gasteiger partial charge in [-0.15, -0.1) is 0 Å². The first-order valence-electron chi connectivity index (χ1n) is 10.9. The molecule has 0 radical (unpaired) electrons. The Bertz CT molecular complexity index is 1310. The van der Waals surface area contributed by atoms with Gasteiger partial charge in [-0.25, -0.2) is 4.68 Å². The summed E-state index contributed by atoms with van der Waals surface area (Å²) >= 11 is 0. The topological polar surface area (TPSA) is 60.1 Å². The van der Waals surface area contributed by atoms with Gasteiger partial charge >= 0.3 is 0 Å². The number of benzene rings is 2. The van der Waals surface area contributed by atoms with Gasteiger partial charge in [0.1, 0.15) is 12.1 Å². The van der Waals surface area contributed by atoms with Gasteiger partial charge in [0, 0.05) is 35.4 Å². The highest BCUT2D eigenvalue weighted by molar-refractivity contribution is 6.07. The molecule has 6 heteroatoms. The highest BCUT2D eigenvalue weighted by Crippen LogP contribution is 2.27. The Kier molecular flexibility index (Phi) is 5.06. The SMILES string of the molecule is CC1CCCCN1C(=O)Cn1ncc2c3ccccc3n(Cc3ccccc3)c2c1=O. The molecule has 1 saturated heterocycles. The van der Waals surface area contributed by atoms with Crippen molar-refractivity contribution >= 4 is 27.7 Å². The van der Waals surface area contributed by atoms with Gasteiger partial charge in [0.2, 0.25) is 5.91 Å². The van der Waals surface area contributed by atoms with E-state index >= 15 is 0 Å². The van der Waals surface area contributed by atoms with E-state index in [0.717, 1.165) is 47.7 Å². The molecule has 0 aliphatic carbocycles. The van der Waals surface area contributed by atoms with Crippen LogP contribution in [0, 0.1) is 0 Å². The number of carbonyl (C=O) groups is 1. The number of hydrogen-bond acceptors (Lipinski definition) is 3. The van der Waals surface area contributed by atoms with Crippen LogP contribution in [0.2, 0.25) is 0 Å². The Morgan fingerprint density at radius 3 is 2.61 bits per heavy atom. The van der Waals surface area contributed by atoms with Gasteiger partial charge < -0.3 is 9.47 Å². The van der Waals surface area contributed by atoms with Crippen LogP contribution < -0.4 is 5.56 Å². The first kappa shape index (κ1) is 19.5. The van der Waals surface area contributed by atoms with E-state index in [2.05, 4.69) is 28.7 Å². The van der Waals surface area contributed by atoms with Crippen molar-refractivity contribution in [3.8, 4) is 0 Å². The normalized spacial score (nSPS) is 16.8. The van der Waals surface area contributed by atoms with Gasteiger partial charge in [-0.05, 0) is 37.8 Å². The molecule has 2 aromatic heterocycles. The van der Waals surface area contributed by atoms with E-state index in [1.807, 2.05) is 47.4 Å². The third kappa shape index (κ3) is 3.52. The maximum atomic E-state index is 13.5. The van der Waals surface area contributed by atoms with Crippen molar-refractivity contribution in [2.24, 2.45) is 0 Å². The summed E-state index contributed by atoms with van der Waals surface area (Å²) in [4.78, 5) is 28.3. The molecule has 0 spiro atoms. The molecule has 1 unspecified atom stereocenters. The van der Waals surface area contributed by atoms with Crippen LogP contribution in [0.25, 0.3) is 21.8 Å². The molecule has 0 bridgehead atoms. The molecule has 0 N–H and O–H groups in total. The van der Waals surface area contributed by atoms with E-state index in [9.17, 15) is 9.59 Å². The molecule has 0 saturated carbocycles. The van der Waals surface area contributed by atoms with Gasteiger partial charge in [-0.1, -0.05) is 48.5 Å². The molecule has 4 aromatic rings. The number of aromatic nitrogens is 3. The second-order valence-electron chi connectivity index (χ2n) is 8.39. The van der Waals surface area contributed by atoms with Crippen LogP contribution in [0.1, 0.15) is 31.7 Å². The summed E-state index contributed by atoms with van der Waals surface area (Å²) < 4.78 is 3.38. The molecule has 2 aromatic carbocycles. The molecule has 1 amide bonds. The second kappa shape index (κ2) is 8.02. The highest BCUT2D eigenvalue weighted by Gasteiger charge is 2.24. The van der Waals surface area contributed by atoms with E-state index in [4.69, 9.17) is 0 Å². The van der Waals surface area contributed by atoms with Gasteiger partial charge in [0.15, 0.2) is 0 Å². The van der Waals surface area contributed by atoms with Crippen LogP contribution >= 0.6 is 0 Å². The minimum absolute atomic E-state index is 0.0218. The van der Waals surface area contributed by atoms with E-state index in [1.54, 1.807) is 6.20 Å². The number of carbonyl (C=O) groups excluding carboxylic acids is 1. The summed E-state index contributed by atoms with van der Waals surface area (Å²) in [5.74, 6) is -0.0353. The van der Waals surface area contributed by atoms with E-state index < -0.39 is 0 Å². The monoisotopic (exact) mass is 414 g/mol. The zero-order valence-corrected chi connectivity index (χ0v) is 17.7. The van der Waals surface area contributed by atoms with Crippen molar-refractivity contribution in [3.63, 3.8) is 0 Å². The van der Waals surface area contributed by atoms with Gasteiger partial charge in [-0.2, -0.15) is 5.10 Å². The number of para-hydroxylation sites is 1. The average molecular weight is 415 g/mol. The molecule has 1 aliphatic heterocycles. The highest BCUT2D eigenvalue weighted by atomic mass is 16.2. The summed E-state index contributed by atoms with van der Waals surface area (Å²) in [7, 11) is 0. The summed E-state index contributed by atoms with van der Waals surface area (Å²) in [6.07, 6.45) is 4.91. The van der Waals surface area contributed by atoms with E-state index in [0.29, 0.717) is 12.1 Å². The lowest BCUT2D eigenvalue weighted by molar-refractivity contribution is -0.135. The van der Waals surface area contributed by atoms with Crippen LogP contribution in [-0.4, -0.2) is 37.7 Å². The molecule has 3 heterocycles. The predicted molar refractivity (Wildman–Crippen MR) is 122 cm³/mol. The fourth-order valence-corrected chi connectivity index (χ4v) is 4.72. The fraction of sp³-hybridized carbons (Fsp3) is 0.320. The van der Waals surface area contributed by atoms with Crippen molar-refractivity contribution in [3.05, 3.63) is 76.7 Å². The minimum Gasteiger partial charge on any atom is -0.338 e. The average Bonchev–Trinajstić information content (AvgIpc) is 3.11.